The fourth-order valence-corrected chi connectivity index (χ4v) is 4.48. The van der Waals surface area contributed by atoms with E-state index in [9.17, 15) is 8.78 Å². The van der Waals surface area contributed by atoms with E-state index in [-0.39, 0.29) is 11.5 Å². The van der Waals surface area contributed by atoms with Crippen molar-refractivity contribution in [3.8, 4) is 0 Å². The van der Waals surface area contributed by atoms with E-state index >= 15 is 0 Å². The Kier molecular flexibility index (Phi) is 6.96. The van der Waals surface area contributed by atoms with Crippen LogP contribution in [-0.2, 0) is 14.2 Å². The van der Waals surface area contributed by atoms with Gasteiger partial charge in [-0.3, -0.25) is 0 Å². The summed E-state index contributed by atoms with van der Waals surface area (Å²) in [5.74, 6) is 0.247. The molecule has 0 bridgehead atoms. The molecule has 2 fully saturated rings. The molecule has 1 saturated carbocycles. The molecule has 26 heavy (non-hydrogen) atoms. The predicted octanol–water partition coefficient (Wildman–Crippen LogP) is 5.82. The zero-order chi connectivity index (χ0) is 18.5. The van der Waals surface area contributed by atoms with E-state index < -0.39 is 11.7 Å². The first-order valence-corrected chi connectivity index (χ1v) is 10.2. The standard InChI is InChI=1S/C21H32F2O3/c1-3-14-6-9-17(25-12-14)16-7-4-15(5-8-16)13-26-19-11-10-18(24-2)20(22)21(19)23/h14-17H,3-13H2,1-2H3. The molecule has 1 saturated heterocycles. The molecule has 2 aliphatic carbocycles. The van der Waals surface area contributed by atoms with Crippen LogP contribution in [0.5, 0.6) is 0 Å². The van der Waals surface area contributed by atoms with Crippen molar-refractivity contribution in [2.45, 2.75) is 70.8 Å². The molecule has 3 nitrogen and oxygen atoms in total. The lowest BCUT2D eigenvalue weighted by Crippen LogP contribution is -2.34. The molecule has 0 amide bonds. The lowest BCUT2D eigenvalue weighted by molar-refractivity contribution is -0.0604. The summed E-state index contributed by atoms with van der Waals surface area (Å²) in [5.41, 5.74) is 0. The van der Waals surface area contributed by atoms with Gasteiger partial charge in [0.05, 0.1) is 19.8 Å². The van der Waals surface area contributed by atoms with Crippen molar-refractivity contribution < 1.29 is 23.0 Å². The van der Waals surface area contributed by atoms with Crippen LogP contribution in [-0.4, -0.2) is 26.4 Å². The van der Waals surface area contributed by atoms with Crippen molar-refractivity contribution in [1.29, 1.82) is 0 Å². The van der Waals surface area contributed by atoms with Crippen molar-refractivity contribution in [1.82, 2.24) is 0 Å². The van der Waals surface area contributed by atoms with Gasteiger partial charge in [0.2, 0.25) is 0 Å². The molecule has 0 spiro atoms. The highest BCUT2D eigenvalue weighted by Gasteiger charge is 2.32. The summed E-state index contributed by atoms with van der Waals surface area (Å²) in [5, 5.41) is 0. The van der Waals surface area contributed by atoms with E-state index in [1.54, 1.807) is 0 Å². The Hall–Kier alpha value is -1.10. The molecule has 0 aromatic carbocycles. The van der Waals surface area contributed by atoms with Crippen LogP contribution >= 0.6 is 0 Å². The second kappa shape index (κ2) is 9.20. The number of halogens is 2. The number of hydrogen-bond donors (Lipinski definition) is 0. The van der Waals surface area contributed by atoms with Gasteiger partial charge in [-0.2, -0.15) is 8.78 Å². The van der Waals surface area contributed by atoms with E-state index in [0.717, 1.165) is 38.2 Å². The summed E-state index contributed by atoms with van der Waals surface area (Å²) in [4.78, 5) is 0. The molecule has 5 heteroatoms. The second-order valence-corrected chi connectivity index (χ2v) is 7.99. The van der Waals surface area contributed by atoms with Crippen LogP contribution in [0.15, 0.2) is 23.2 Å². The highest BCUT2D eigenvalue weighted by Crippen LogP contribution is 2.38. The SMILES string of the molecule is CCC1CCC(C2CCC(COC3=C(F)C(F)=C(OC)CC3)CC2)OC1. The minimum atomic E-state index is -0.905. The minimum absolute atomic E-state index is 0.0770. The van der Waals surface area contributed by atoms with E-state index in [1.807, 2.05) is 0 Å². The summed E-state index contributed by atoms with van der Waals surface area (Å²) in [7, 11) is 1.37. The first-order valence-electron chi connectivity index (χ1n) is 10.2. The summed E-state index contributed by atoms with van der Waals surface area (Å²) < 4.78 is 44.4. The van der Waals surface area contributed by atoms with E-state index in [1.165, 1.54) is 26.4 Å². The zero-order valence-corrected chi connectivity index (χ0v) is 16.1. The third-order valence-electron chi connectivity index (χ3n) is 6.40. The van der Waals surface area contributed by atoms with Crippen LogP contribution in [0.2, 0.25) is 0 Å². The predicted molar refractivity (Wildman–Crippen MR) is 96.7 cm³/mol. The first-order chi connectivity index (χ1) is 12.6. The number of methoxy groups -OCH3 is 1. The molecular formula is C21H32F2O3. The van der Waals surface area contributed by atoms with E-state index in [4.69, 9.17) is 14.2 Å². The largest absolute Gasteiger partial charge is 0.498 e. The van der Waals surface area contributed by atoms with Crippen molar-refractivity contribution in [2.24, 2.45) is 17.8 Å². The van der Waals surface area contributed by atoms with Crippen LogP contribution < -0.4 is 0 Å². The van der Waals surface area contributed by atoms with Gasteiger partial charge in [0, 0.05) is 19.4 Å². The third kappa shape index (κ3) is 4.59. The van der Waals surface area contributed by atoms with Crippen molar-refractivity contribution in [2.75, 3.05) is 20.3 Å². The average Bonchev–Trinajstić information content (AvgIpc) is 2.70. The fraction of sp³-hybridized carbons (Fsp3) is 0.810. The number of hydrogen-bond acceptors (Lipinski definition) is 3. The fourth-order valence-electron chi connectivity index (χ4n) is 4.48. The maximum Gasteiger partial charge on any atom is 0.199 e. The van der Waals surface area contributed by atoms with Gasteiger partial charge in [0.25, 0.3) is 0 Å². The van der Waals surface area contributed by atoms with Gasteiger partial charge in [-0.05, 0) is 56.3 Å². The number of ether oxygens (including phenoxy) is 3. The topological polar surface area (TPSA) is 27.7 Å². The van der Waals surface area contributed by atoms with Gasteiger partial charge in [-0.15, -0.1) is 0 Å². The van der Waals surface area contributed by atoms with Gasteiger partial charge >= 0.3 is 0 Å². The molecule has 2 unspecified atom stereocenters. The Morgan fingerprint density at radius 1 is 0.923 bits per heavy atom. The molecule has 1 heterocycles. The molecule has 0 aromatic rings. The van der Waals surface area contributed by atoms with Crippen LogP contribution in [0.1, 0.15) is 64.7 Å². The Morgan fingerprint density at radius 2 is 1.58 bits per heavy atom. The van der Waals surface area contributed by atoms with Crippen LogP contribution in [0, 0.1) is 17.8 Å². The van der Waals surface area contributed by atoms with Crippen molar-refractivity contribution in [3.63, 3.8) is 0 Å². The normalized spacial score (nSPS) is 33.4. The highest BCUT2D eigenvalue weighted by atomic mass is 19.2. The first kappa shape index (κ1) is 19.7. The average molecular weight is 370 g/mol. The maximum absolute atomic E-state index is 14.0. The van der Waals surface area contributed by atoms with Crippen molar-refractivity contribution >= 4 is 0 Å². The van der Waals surface area contributed by atoms with Gasteiger partial charge in [0.15, 0.2) is 11.7 Å². The zero-order valence-electron chi connectivity index (χ0n) is 16.1. The minimum Gasteiger partial charge on any atom is -0.498 e. The molecule has 0 N–H and O–H groups in total. The Balaban J connectivity index is 1.42. The van der Waals surface area contributed by atoms with Crippen LogP contribution in [0.4, 0.5) is 8.78 Å². The lowest BCUT2D eigenvalue weighted by Gasteiger charge is -2.37. The Bertz CT molecular complexity index is 527. The molecule has 3 rings (SSSR count). The second-order valence-electron chi connectivity index (χ2n) is 7.99. The molecule has 2 atom stereocenters. The quantitative estimate of drug-likeness (QED) is 0.590. The Morgan fingerprint density at radius 3 is 2.19 bits per heavy atom. The molecule has 1 aliphatic heterocycles. The van der Waals surface area contributed by atoms with Gasteiger partial charge < -0.3 is 14.2 Å². The van der Waals surface area contributed by atoms with Gasteiger partial charge in [0.1, 0.15) is 11.5 Å². The van der Waals surface area contributed by atoms with Crippen molar-refractivity contribution in [3.05, 3.63) is 23.2 Å². The molecule has 148 valence electrons. The highest BCUT2D eigenvalue weighted by molar-refractivity contribution is 5.29. The smallest absolute Gasteiger partial charge is 0.199 e. The molecule has 0 radical (unpaired) electrons. The summed E-state index contributed by atoms with van der Waals surface area (Å²) in [6.07, 6.45) is 9.31. The van der Waals surface area contributed by atoms with Gasteiger partial charge in [-0.25, -0.2) is 0 Å². The molecule has 0 aromatic heterocycles. The van der Waals surface area contributed by atoms with E-state index in [0.29, 0.717) is 37.4 Å². The number of allylic oxidation sites excluding steroid dienone is 4. The summed E-state index contributed by atoms with van der Waals surface area (Å²) >= 11 is 0. The van der Waals surface area contributed by atoms with Crippen LogP contribution in [0.3, 0.4) is 0 Å². The Labute approximate surface area is 155 Å². The summed E-state index contributed by atoms with van der Waals surface area (Å²) in [6, 6.07) is 0. The lowest BCUT2D eigenvalue weighted by atomic mass is 9.77. The van der Waals surface area contributed by atoms with E-state index in [2.05, 4.69) is 6.92 Å². The monoisotopic (exact) mass is 370 g/mol. The third-order valence-corrected chi connectivity index (χ3v) is 6.40. The molecular weight excluding hydrogens is 338 g/mol. The summed E-state index contributed by atoms with van der Waals surface area (Å²) in [6.45, 7) is 3.64. The molecule has 3 aliphatic rings. The van der Waals surface area contributed by atoms with Crippen LogP contribution in [0.25, 0.3) is 0 Å². The maximum atomic E-state index is 14.0. The van der Waals surface area contributed by atoms with Gasteiger partial charge in [-0.1, -0.05) is 13.3 Å². The number of rotatable bonds is 6.